The van der Waals surface area contributed by atoms with Gasteiger partial charge in [-0.25, -0.2) is 0 Å². The van der Waals surface area contributed by atoms with Crippen LogP contribution in [0.2, 0.25) is 0 Å². The summed E-state index contributed by atoms with van der Waals surface area (Å²) in [7, 11) is 1.69. The molecule has 17 heavy (non-hydrogen) atoms. The molecule has 0 radical (unpaired) electrons. The van der Waals surface area contributed by atoms with E-state index in [9.17, 15) is 5.11 Å². The molecule has 1 heterocycles. The maximum atomic E-state index is 9.88. The van der Waals surface area contributed by atoms with Crippen LogP contribution >= 0.6 is 15.9 Å². The molecular weight excluding hydrogens is 284 g/mol. The quantitative estimate of drug-likeness (QED) is 0.838. The monoisotopic (exact) mass is 302 g/mol. The highest BCUT2D eigenvalue weighted by Gasteiger charge is 2.29. The lowest BCUT2D eigenvalue weighted by atomic mass is 10.1. The smallest absolute Gasteiger partial charge is 0.0658 e. The van der Waals surface area contributed by atoms with Crippen molar-refractivity contribution in [2.24, 2.45) is 5.92 Å². The minimum atomic E-state index is -0.146. The fourth-order valence-electron chi connectivity index (χ4n) is 2.01. The predicted molar refractivity (Wildman–Crippen MR) is 68.9 cm³/mol. The summed E-state index contributed by atoms with van der Waals surface area (Å²) in [6.45, 7) is 1.42. The van der Waals surface area contributed by atoms with Crippen molar-refractivity contribution in [2.45, 2.75) is 38.3 Å². The van der Waals surface area contributed by atoms with Crippen molar-refractivity contribution >= 4 is 15.9 Å². The van der Waals surface area contributed by atoms with E-state index < -0.39 is 0 Å². The van der Waals surface area contributed by atoms with E-state index in [4.69, 9.17) is 4.74 Å². The van der Waals surface area contributed by atoms with Crippen LogP contribution < -0.4 is 0 Å². The van der Waals surface area contributed by atoms with E-state index in [1.165, 1.54) is 12.8 Å². The van der Waals surface area contributed by atoms with Crippen molar-refractivity contribution in [2.75, 3.05) is 13.7 Å². The van der Waals surface area contributed by atoms with E-state index in [0.717, 1.165) is 29.6 Å². The van der Waals surface area contributed by atoms with Gasteiger partial charge >= 0.3 is 0 Å². The van der Waals surface area contributed by atoms with Gasteiger partial charge in [0.25, 0.3) is 0 Å². The summed E-state index contributed by atoms with van der Waals surface area (Å²) in [6.07, 6.45) is 5.72. The molecular formula is C12H19BrN2O2. The number of hydrogen-bond donors (Lipinski definition) is 1. The average molecular weight is 303 g/mol. The van der Waals surface area contributed by atoms with Crippen molar-refractivity contribution in [1.29, 1.82) is 0 Å². The third-order valence-electron chi connectivity index (χ3n) is 3.25. The molecule has 1 atom stereocenters. The third-order valence-corrected chi connectivity index (χ3v) is 3.91. The second kappa shape index (κ2) is 5.98. The molecule has 1 aromatic heterocycles. The van der Waals surface area contributed by atoms with E-state index in [1.807, 2.05) is 10.9 Å². The summed E-state index contributed by atoms with van der Waals surface area (Å²) in [5.74, 6) is 0.545. The number of nitrogens with zero attached hydrogens (tertiary/aromatic N) is 2. The van der Waals surface area contributed by atoms with Gasteiger partial charge in [0.05, 0.1) is 35.6 Å². The first-order chi connectivity index (χ1) is 8.22. The highest BCUT2D eigenvalue weighted by molar-refractivity contribution is 9.10. The zero-order valence-corrected chi connectivity index (χ0v) is 11.7. The van der Waals surface area contributed by atoms with Gasteiger partial charge in [0.2, 0.25) is 0 Å². The standard InChI is InChI=1S/C12H19BrN2O2/c1-17-7-6-15-11(10(13)8-14-15)4-5-12(16)9-2-3-9/h8-9,12,16H,2-7H2,1H3. The van der Waals surface area contributed by atoms with Crippen molar-refractivity contribution in [3.8, 4) is 0 Å². The van der Waals surface area contributed by atoms with Crippen LogP contribution in [-0.4, -0.2) is 34.7 Å². The Hall–Kier alpha value is -0.390. The van der Waals surface area contributed by atoms with Crippen LogP contribution in [-0.2, 0) is 17.7 Å². The molecule has 0 saturated heterocycles. The van der Waals surface area contributed by atoms with E-state index >= 15 is 0 Å². The van der Waals surface area contributed by atoms with Crippen LogP contribution in [0.3, 0.4) is 0 Å². The highest BCUT2D eigenvalue weighted by Crippen LogP contribution is 2.34. The molecule has 2 rings (SSSR count). The van der Waals surface area contributed by atoms with Crippen LogP contribution in [0, 0.1) is 5.92 Å². The fourth-order valence-corrected chi connectivity index (χ4v) is 2.50. The number of ether oxygens (including phenoxy) is 1. The van der Waals surface area contributed by atoms with Gasteiger partial charge in [0.15, 0.2) is 0 Å². The summed E-state index contributed by atoms with van der Waals surface area (Å²) in [5, 5.41) is 14.2. The third kappa shape index (κ3) is 3.53. The Kier molecular flexibility index (Phi) is 4.59. The second-order valence-corrected chi connectivity index (χ2v) is 5.45. The van der Waals surface area contributed by atoms with Crippen LogP contribution in [0.25, 0.3) is 0 Å². The largest absolute Gasteiger partial charge is 0.393 e. The SMILES string of the molecule is COCCn1ncc(Br)c1CCC(O)C1CC1. The van der Waals surface area contributed by atoms with Crippen molar-refractivity contribution in [3.63, 3.8) is 0 Å². The Morgan fingerprint density at radius 3 is 3.06 bits per heavy atom. The molecule has 0 spiro atoms. The van der Waals surface area contributed by atoms with Crippen LogP contribution in [0.1, 0.15) is 25.0 Å². The Morgan fingerprint density at radius 1 is 1.65 bits per heavy atom. The molecule has 0 aliphatic heterocycles. The number of aliphatic hydroxyl groups excluding tert-OH is 1. The lowest BCUT2D eigenvalue weighted by Crippen LogP contribution is -2.14. The van der Waals surface area contributed by atoms with Crippen molar-refractivity contribution in [3.05, 3.63) is 16.4 Å². The maximum absolute atomic E-state index is 9.88. The van der Waals surface area contributed by atoms with Gasteiger partial charge < -0.3 is 9.84 Å². The van der Waals surface area contributed by atoms with Crippen LogP contribution in [0.15, 0.2) is 10.7 Å². The summed E-state index contributed by atoms with van der Waals surface area (Å²) >= 11 is 3.51. The lowest BCUT2D eigenvalue weighted by molar-refractivity contribution is 0.140. The average Bonchev–Trinajstić information content (AvgIpc) is 3.10. The number of aromatic nitrogens is 2. The first-order valence-electron chi connectivity index (χ1n) is 6.09. The number of halogens is 1. The molecule has 1 aromatic rings. The van der Waals surface area contributed by atoms with E-state index in [0.29, 0.717) is 12.5 Å². The first kappa shape index (κ1) is 13.1. The zero-order chi connectivity index (χ0) is 12.3. The fraction of sp³-hybridized carbons (Fsp3) is 0.750. The molecule has 1 unspecified atom stereocenters. The van der Waals surface area contributed by atoms with Crippen LogP contribution in [0.5, 0.6) is 0 Å². The number of rotatable bonds is 7. The minimum absolute atomic E-state index is 0.146. The number of hydrogen-bond acceptors (Lipinski definition) is 3. The molecule has 0 bridgehead atoms. The molecule has 1 aliphatic carbocycles. The second-order valence-electron chi connectivity index (χ2n) is 4.60. The van der Waals surface area contributed by atoms with Crippen LogP contribution in [0.4, 0.5) is 0 Å². The number of aliphatic hydroxyl groups is 1. The Labute approximate surface area is 110 Å². The summed E-state index contributed by atoms with van der Waals surface area (Å²) in [6, 6.07) is 0. The van der Waals surface area contributed by atoms with Gasteiger partial charge in [-0.05, 0) is 47.5 Å². The summed E-state index contributed by atoms with van der Waals surface area (Å²) in [4.78, 5) is 0. The van der Waals surface area contributed by atoms with Gasteiger partial charge in [-0.2, -0.15) is 5.10 Å². The van der Waals surface area contributed by atoms with E-state index in [1.54, 1.807) is 7.11 Å². The number of methoxy groups -OCH3 is 1. The highest BCUT2D eigenvalue weighted by atomic mass is 79.9. The molecule has 1 fully saturated rings. The van der Waals surface area contributed by atoms with Crippen molar-refractivity contribution in [1.82, 2.24) is 9.78 Å². The van der Waals surface area contributed by atoms with Gasteiger partial charge in [-0.3, -0.25) is 4.68 Å². The van der Waals surface area contributed by atoms with Gasteiger partial charge in [-0.15, -0.1) is 0 Å². The topological polar surface area (TPSA) is 47.3 Å². The van der Waals surface area contributed by atoms with Gasteiger partial charge in [-0.1, -0.05) is 0 Å². The molecule has 0 aromatic carbocycles. The normalized spacial score (nSPS) is 17.4. The molecule has 4 nitrogen and oxygen atoms in total. The molecule has 5 heteroatoms. The molecule has 1 saturated carbocycles. The Morgan fingerprint density at radius 2 is 2.41 bits per heavy atom. The molecule has 0 amide bonds. The van der Waals surface area contributed by atoms with Gasteiger partial charge in [0, 0.05) is 7.11 Å². The first-order valence-corrected chi connectivity index (χ1v) is 6.89. The van der Waals surface area contributed by atoms with E-state index in [2.05, 4.69) is 21.0 Å². The van der Waals surface area contributed by atoms with Crippen molar-refractivity contribution < 1.29 is 9.84 Å². The minimum Gasteiger partial charge on any atom is -0.393 e. The van der Waals surface area contributed by atoms with E-state index in [-0.39, 0.29) is 6.10 Å². The lowest BCUT2D eigenvalue weighted by Gasteiger charge is -2.11. The summed E-state index contributed by atoms with van der Waals surface area (Å²) < 4.78 is 8.03. The zero-order valence-electron chi connectivity index (χ0n) is 10.1. The molecule has 96 valence electrons. The Balaban J connectivity index is 1.90. The summed E-state index contributed by atoms with van der Waals surface area (Å²) in [5.41, 5.74) is 1.15. The predicted octanol–water partition coefficient (Wildman–Crippen LogP) is 2.00. The maximum Gasteiger partial charge on any atom is 0.0658 e. The molecule has 1 aliphatic rings. The Bertz CT molecular complexity index is 363. The molecule has 1 N–H and O–H groups in total. The van der Waals surface area contributed by atoms with Gasteiger partial charge in [0.1, 0.15) is 0 Å².